The predicted molar refractivity (Wildman–Crippen MR) is 52.7 cm³/mol. The van der Waals surface area contributed by atoms with E-state index in [1.165, 1.54) is 6.92 Å². The van der Waals surface area contributed by atoms with Crippen molar-refractivity contribution in [3.8, 4) is 11.5 Å². The molecular formula is C11H13NO4. The normalized spacial score (nSPS) is 17.6. The van der Waals surface area contributed by atoms with E-state index in [-0.39, 0.29) is 0 Å². The number of hydrogen-bond acceptors (Lipinski definition) is 4. The molecule has 0 saturated carbocycles. The number of carboxylic acids is 1. The van der Waals surface area contributed by atoms with Gasteiger partial charge in [0.15, 0.2) is 17.0 Å². The van der Waals surface area contributed by atoms with Crippen LogP contribution in [0.3, 0.4) is 0 Å². The minimum Gasteiger partial charge on any atom is -0.543 e. The van der Waals surface area contributed by atoms with Gasteiger partial charge in [-0.15, -0.1) is 0 Å². The summed E-state index contributed by atoms with van der Waals surface area (Å²) in [5.74, 6) is -0.0341. The zero-order chi connectivity index (χ0) is 11.8. The highest BCUT2D eigenvalue weighted by Gasteiger charge is 2.29. The van der Waals surface area contributed by atoms with E-state index in [0.29, 0.717) is 30.3 Å². The third kappa shape index (κ3) is 1.69. The van der Waals surface area contributed by atoms with E-state index < -0.39 is 11.5 Å². The predicted octanol–water partition coefficient (Wildman–Crippen LogP) is -1.34. The molecule has 3 N–H and O–H groups in total. The molecule has 0 aliphatic carbocycles. The zero-order valence-corrected chi connectivity index (χ0v) is 8.99. The number of carbonyl (C=O) groups excluding carboxylic acids is 1. The molecule has 0 radical (unpaired) electrons. The van der Waals surface area contributed by atoms with Gasteiger partial charge in [0.25, 0.3) is 0 Å². The third-order valence-electron chi connectivity index (χ3n) is 2.63. The molecule has 0 amide bonds. The minimum atomic E-state index is -1.28. The molecule has 0 bridgehead atoms. The van der Waals surface area contributed by atoms with Crippen molar-refractivity contribution < 1.29 is 25.1 Å². The van der Waals surface area contributed by atoms with Crippen molar-refractivity contribution in [1.29, 1.82) is 0 Å². The molecule has 0 spiro atoms. The molecule has 1 heterocycles. The fourth-order valence-corrected chi connectivity index (χ4v) is 1.50. The van der Waals surface area contributed by atoms with Crippen LogP contribution in [0, 0.1) is 0 Å². The van der Waals surface area contributed by atoms with Crippen molar-refractivity contribution in [3.05, 3.63) is 23.8 Å². The summed E-state index contributed by atoms with van der Waals surface area (Å²) in [5, 5.41) is 10.9. The quantitative estimate of drug-likeness (QED) is 0.672. The maximum absolute atomic E-state index is 10.9. The number of carboxylic acid groups (broad SMARTS) is 1. The van der Waals surface area contributed by atoms with Crippen LogP contribution < -0.4 is 20.3 Å². The number of quaternary nitrogens is 1. The van der Waals surface area contributed by atoms with Gasteiger partial charge in [0.1, 0.15) is 19.2 Å². The Hall–Kier alpha value is -1.75. The Bertz CT molecular complexity index is 428. The van der Waals surface area contributed by atoms with Crippen LogP contribution in [-0.4, -0.2) is 19.2 Å². The lowest BCUT2D eigenvalue weighted by Crippen LogP contribution is -2.75. The van der Waals surface area contributed by atoms with Crippen LogP contribution in [0.25, 0.3) is 0 Å². The van der Waals surface area contributed by atoms with Crippen molar-refractivity contribution in [2.24, 2.45) is 0 Å². The summed E-state index contributed by atoms with van der Waals surface area (Å²) in [7, 11) is 0. The second-order valence-corrected chi connectivity index (χ2v) is 3.98. The van der Waals surface area contributed by atoms with Gasteiger partial charge in [-0.1, -0.05) is 0 Å². The summed E-state index contributed by atoms with van der Waals surface area (Å²) in [6.45, 7) is 2.47. The van der Waals surface area contributed by atoms with Crippen molar-refractivity contribution in [2.45, 2.75) is 12.5 Å². The minimum absolute atomic E-state index is 0.468. The fourth-order valence-electron chi connectivity index (χ4n) is 1.50. The van der Waals surface area contributed by atoms with E-state index in [2.05, 4.69) is 5.73 Å². The molecule has 0 saturated heterocycles. The monoisotopic (exact) mass is 223 g/mol. The van der Waals surface area contributed by atoms with Gasteiger partial charge < -0.3 is 25.1 Å². The van der Waals surface area contributed by atoms with Gasteiger partial charge in [0.2, 0.25) is 0 Å². The van der Waals surface area contributed by atoms with Crippen LogP contribution in [0.15, 0.2) is 18.2 Å². The van der Waals surface area contributed by atoms with Crippen molar-refractivity contribution >= 4 is 5.97 Å². The first-order valence-corrected chi connectivity index (χ1v) is 4.99. The van der Waals surface area contributed by atoms with Crippen LogP contribution in [0.4, 0.5) is 0 Å². The Kier molecular flexibility index (Phi) is 2.47. The smallest absolute Gasteiger partial charge is 0.161 e. The SMILES string of the molecule is C[C@@]([NH3+])(C(=O)[O-])c1ccc2c(c1)OCCO2. The third-order valence-corrected chi connectivity index (χ3v) is 2.63. The van der Waals surface area contributed by atoms with E-state index >= 15 is 0 Å². The second-order valence-electron chi connectivity index (χ2n) is 3.98. The first-order valence-electron chi connectivity index (χ1n) is 4.99. The van der Waals surface area contributed by atoms with E-state index in [9.17, 15) is 9.90 Å². The van der Waals surface area contributed by atoms with E-state index in [1.54, 1.807) is 18.2 Å². The lowest BCUT2D eigenvalue weighted by atomic mass is 9.93. The number of hydrogen-bond donors (Lipinski definition) is 1. The van der Waals surface area contributed by atoms with E-state index in [0.717, 1.165) is 0 Å². The first kappa shape index (κ1) is 10.8. The summed E-state index contributed by atoms with van der Waals surface area (Å²) in [5.41, 5.74) is 2.89. The molecule has 1 atom stereocenters. The van der Waals surface area contributed by atoms with E-state index in [1.807, 2.05) is 0 Å². The summed E-state index contributed by atoms with van der Waals surface area (Å²) < 4.78 is 10.7. The van der Waals surface area contributed by atoms with Crippen LogP contribution in [0.2, 0.25) is 0 Å². The Morgan fingerprint density at radius 2 is 2.00 bits per heavy atom. The maximum Gasteiger partial charge on any atom is 0.161 e. The van der Waals surface area contributed by atoms with Crippen LogP contribution in [0.1, 0.15) is 12.5 Å². The van der Waals surface area contributed by atoms with Crippen molar-refractivity contribution in [1.82, 2.24) is 0 Å². The van der Waals surface area contributed by atoms with Gasteiger partial charge in [-0.2, -0.15) is 0 Å². The molecule has 0 fully saturated rings. The number of fused-ring (bicyclic) bond motifs is 1. The Labute approximate surface area is 92.8 Å². The lowest BCUT2D eigenvalue weighted by molar-refractivity contribution is -0.489. The highest BCUT2D eigenvalue weighted by Crippen LogP contribution is 2.32. The average Bonchev–Trinajstić information content (AvgIpc) is 2.28. The van der Waals surface area contributed by atoms with Crippen LogP contribution in [-0.2, 0) is 10.3 Å². The summed E-state index contributed by atoms with van der Waals surface area (Å²) in [4.78, 5) is 10.9. The molecule has 86 valence electrons. The zero-order valence-electron chi connectivity index (χ0n) is 8.99. The van der Waals surface area contributed by atoms with Gasteiger partial charge in [0, 0.05) is 12.5 Å². The largest absolute Gasteiger partial charge is 0.543 e. The standard InChI is InChI=1S/C11H13NO4/c1-11(12,10(13)14)7-2-3-8-9(6-7)16-5-4-15-8/h2-3,6H,4-5,12H2,1H3,(H,13,14)/t11-/m0/s1. The highest BCUT2D eigenvalue weighted by molar-refractivity contribution is 5.76. The molecule has 5 nitrogen and oxygen atoms in total. The van der Waals surface area contributed by atoms with Crippen LogP contribution >= 0.6 is 0 Å². The Morgan fingerprint density at radius 1 is 1.38 bits per heavy atom. The van der Waals surface area contributed by atoms with Crippen LogP contribution in [0.5, 0.6) is 11.5 Å². The molecule has 0 unspecified atom stereocenters. The van der Waals surface area contributed by atoms with Gasteiger partial charge in [0.05, 0.1) is 0 Å². The number of rotatable bonds is 2. The Balaban J connectivity index is 2.40. The number of benzene rings is 1. The van der Waals surface area contributed by atoms with Crippen molar-refractivity contribution in [2.75, 3.05) is 13.2 Å². The summed E-state index contributed by atoms with van der Waals surface area (Å²) in [6, 6.07) is 4.99. The molecule has 1 aliphatic heterocycles. The molecular weight excluding hydrogens is 210 g/mol. The molecule has 2 rings (SSSR count). The Morgan fingerprint density at radius 3 is 2.62 bits per heavy atom. The van der Waals surface area contributed by atoms with Gasteiger partial charge in [-0.25, -0.2) is 0 Å². The molecule has 1 aromatic rings. The summed E-state index contributed by atoms with van der Waals surface area (Å²) >= 11 is 0. The number of carbonyl (C=O) groups is 1. The fraction of sp³-hybridized carbons (Fsp3) is 0.364. The molecule has 5 heteroatoms. The highest BCUT2D eigenvalue weighted by atomic mass is 16.6. The molecule has 16 heavy (non-hydrogen) atoms. The van der Waals surface area contributed by atoms with Gasteiger partial charge in [-0.05, 0) is 18.2 Å². The number of ether oxygens (including phenoxy) is 2. The number of aliphatic carboxylic acids is 1. The second kappa shape index (κ2) is 3.68. The van der Waals surface area contributed by atoms with Gasteiger partial charge in [-0.3, -0.25) is 0 Å². The average molecular weight is 223 g/mol. The first-order chi connectivity index (χ1) is 7.51. The molecule has 0 aromatic heterocycles. The molecule has 1 aliphatic rings. The molecule has 1 aromatic carbocycles. The van der Waals surface area contributed by atoms with Crippen molar-refractivity contribution in [3.63, 3.8) is 0 Å². The maximum atomic E-state index is 10.9. The summed E-state index contributed by atoms with van der Waals surface area (Å²) in [6.07, 6.45) is 0. The topological polar surface area (TPSA) is 86.2 Å². The lowest BCUT2D eigenvalue weighted by Gasteiger charge is -2.25. The van der Waals surface area contributed by atoms with E-state index in [4.69, 9.17) is 9.47 Å². The van der Waals surface area contributed by atoms with Gasteiger partial charge >= 0.3 is 0 Å².